The number of benzene rings is 2. The SMILES string of the molecule is COc1ccc2cc(CCCCC(=O)C(F)(F)F)ccc2c1. The second-order valence-corrected chi connectivity index (χ2v) is 5.18. The van der Waals surface area contributed by atoms with E-state index in [9.17, 15) is 18.0 Å². The number of carbonyl (C=O) groups excluding carboxylic acids is 1. The van der Waals surface area contributed by atoms with Crippen molar-refractivity contribution in [1.82, 2.24) is 0 Å². The van der Waals surface area contributed by atoms with E-state index in [1.807, 2.05) is 36.4 Å². The first-order valence-electron chi connectivity index (χ1n) is 7.07. The average Bonchev–Trinajstić information content (AvgIpc) is 2.49. The van der Waals surface area contributed by atoms with Gasteiger partial charge >= 0.3 is 6.18 Å². The Labute approximate surface area is 126 Å². The summed E-state index contributed by atoms with van der Waals surface area (Å²) in [6, 6.07) is 11.7. The van der Waals surface area contributed by atoms with Crippen LogP contribution in [0.1, 0.15) is 24.8 Å². The summed E-state index contributed by atoms with van der Waals surface area (Å²) >= 11 is 0. The molecule has 0 saturated carbocycles. The third kappa shape index (κ3) is 4.23. The highest BCUT2D eigenvalue weighted by molar-refractivity contribution is 5.84. The van der Waals surface area contributed by atoms with E-state index in [0.29, 0.717) is 12.8 Å². The number of ether oxygens (including phenoxy) is 1. The monoisotopic (exact) mass is 310 g/mol. The van der Waals surface area contributed by atoms with Crippen molar-refractivity contribution in [2.45, 2.75) is 31.9 Å². The number of halogens is 3. The van der Waals surface area contributed by atoms with Crippen LogP contribution in [0.3, 0.4) is 0 Å². The van der Waals surface area contributed by atoms with Crippen LogP contribution in [-0.2, 0) is 11.2 Å². The van der Waals surface area contributed by atoms with Crippen LogP contribution in [-0.4, -0.2) is 19.1 Å². The van der Waals surface area contributed by atoms with E-state index in [1.165, 1.54) is 0 Å². The summed E-state index contributed by atoms with van der Waals surface area (Å²) in [7, 11) is 1.61. The number of Topliss-reactive ketones (excluding diaryl/α,β-unsaturated/α-hetero) is 1. The Balaban J connectivity index is 1.91. The second kappa shape index (κ2) is 6.81. The lowest BCUT2D eigenvalue weighted by Crippen LogP contribution is -2.22. The highest BCUT2D eigenvalue weighted by Crippen LogP contribution is 2.23. The van der Waals surface area contributed by atoms with Crippen molar-refractivity contribution in [2.75, 3.05) is 7.11 Å². The molecule has 0 spiro atoms. The molecule has 0 amide bonds. The van der Waals surface area contributed by atoms with Gasteiger partial charge in [-0.15, -0.1) is 0 Å². The number of ketones is 1. The first-order chi connectivity index (χ1) is 10.4. The molecule has 0 saturated heterocycles. The molecule has 2 nitrogen and oxygen atoms in total. The van der Waals surface area contributed by atoms with Crippen molar-refractivity contribution < 1.29 is 22.7 Å². The molecular weight excluding hydrogens is 293 g/mol. The molecule has 0 unspecified atom stereocenters. The average molecular weight is 310 g/mol. The highest BCUT2D eigenvalue weighted by atomic mass is 19.4. The summed E-state index contributed by atoms with van der Waals surface area (Å²) in [6.45, 7) is 0. The summed E-state index contributed by atoms with van der Waals surface area (Å²) in [4.78, 5) is 10.8. The third-order valence-corrected chi connectivity index (χ3v) is 3.55. The fourth-order valence-electron chi connectivity index (χ4n) is 2.31. The van der Waals surface area contributed by atoms with Crippen LogP contribution < -0.4 is 4.74 Å². The van der Waals surface area contributed by atoms with Gasteiger partial charge < -0.3 is 4.74 Å². The normalized spacial score (nSPS) is 11.6. The largest absolute Gasteiger partial charge is 0.497 e. The molecule has 2 aromatic rings. The first kappa shape index (κ1) is 16.3. The van der Waals surface area contributed by atoms with E-state index in [0.717, 1.165) is 22.1 Å². The molecule has 0 aromatic heterocycles. The maximum atomic E-state index is 12.1. The van der Waals surface area contributed by atoms with Crippen molar-refractivity contribution >= 4 is 16.6 Å². The van der Waals surface area contributed by atoms with Gasteiger partial charge in [0.2, 0.25) is 5.78 Å². The number of fused-ring (bicyclic) bond motifs is 1. The maximum absolute atomic E-state index is 12.1. The standard InChI is InChI=1S/C17H17F3O2/c1-22-15-9-8-13-10-12(6-7-14(13)11-15)4-2-3-5-16(21)17(18,19)20/h6-11H,2-5H2,1H3. The zero-order valence-electron chi connectivity index (χ0n) is 12.2. The molecule has 0 aliphatic heterocycles. The van der Waals surface area contributed by atoms with E-state index in [2.05, 4.69) is 0 Å². The quantitative estimate of drug-likeness (QED) is 0.723. The van der Waals surface area contributed by atoms with E-state index >= 15 is 0 Å². The number of hydrogen-bond donors (Lipinski definition) is 0. The van der Waals surface area contributed by atoms with Gasteiger partial charge in [-0.3, -0.25) is 4.79 Å². The molecule has 0 aliphatic carbocycles. The van der Waals surface area contributed by atoms with Crippen molar-refractivity contribution in [3.05, 3.63) is 42.0 Å². The van der Waals surface area contributed by atoms with Gasteiger partial charge in [0.15, 0.2) is 0 Å². The zero-order chi connectivity index (χ0) is 16.2. The second-order valence-electron chi connectivity index (χ2n) is 5.18. The summed E-state index contributed by atoms with van der Waals surface area (Å²) in [5, 5.41) is 2.11. The van der Waals surface area contributed by atoms with Crippen LogP contribution in [0, 0.1) is 0 Å². The fourth-order valence-corrected chi connectivity index (χ4v) is 2.31. The minimum Gasteiger partial charge on any atom is -0.497 e. The predicted octanol–water partition coefficient (Wildman–Crippen LogP) is 4.69. The number of hydrogen-bond acceptors (Lipinski definition) is 2. The van der Waals surface area contributed by atoms with E-state index in [-0.39, 0.29) is 6.42 Å². The Hall–Kier alpha value is -2.04. The van der Waals surface area contributed by atoms with Crippen LogP contribution >= 0.6 is 0 Å². The van der Waals surface area contributed by atoms with Crippen LogP contribution in [0.4, 0.5) is 13.2 Å². The number of aryl methyl sites for hydroxylation is 1. The molecule has 0 bridgehead atoms. The number of rotatable bonds is 6. The minimum absolute atomic E-state index is 0.249. The van der Waals surface area contributed by atoms with Crippen molar-refractivity contribution in [1.29, 1.82) is 0 Å². The van der Waals surface area contributed by atoms with E-state index in [1.54, 1.807) is 7.11 Å². The Bertz CT molecular complexity index is 662. The molecule has 22 heavy (non-hydrogen) atoms. The van der Waals surface area contributed by atoms with Gasteiger partial charge in [-0.1, -0.05) is 24.3 Å². The number of unbranched alkanes of at least 4 members (excludes halogenated alkanes) is 1. The van der Waals surface area contributed by atoms with Crippen molar-refractivity contribution in [3.63, 3.8) is 0 Å². The van der Waals surface area contributed by atoms with Crippen LogP contribution in [0.25, 0.3) is 10.8 Å². The lowest BCUT2D eigenvalue weighted by molar-refractivity contribution is -0.171. The van der Waals surface area contributed by atoms with E-state index < -0.39 is 18.4 Å². The minimum atomic E-state index is -4.71. The molecular formula is C17H17F3O2. The Morgan fingerprint density at radius 3 is 2.41 bits per heavy atom. The summed E-state index contributed by atoms with van der Waals surface area (Å²) in [5.74, 6) is -0.857. The van der Waals surface area contributed by atoms with Crippen molar-refractivity contribution in [2.24, 2.45) is 0 Å². The molecule has 0 heterocycles. The van der Waals surface area contributed by atoms with Crippen molar-refractivity contribution in [3.8, 4) is 5.75 Å². The maximum Gasteiger partial charge on any atom is 0.449 e. The molecule has 2 aromatic carbocycles. The molecule has 0 atom stereocenters. The fraction of sp³-hybridized carbons (Fsp3) is 0.353. The van der Waals surface area contributed by atoms with Gasteiger partial charge in [0.05, 0.1) is 7.11 Å². The van der Waals surface area contributed by atoms with Gasteiger partial charge in [-0.05, 0) is 47.7 Å². The van der Waals surface area contributed by atoms with Gasteiger partial charge in [-0.25, -0.2) is 0 Å². The highest BCUT2D eigenvalue weighted by Gasteiger charge is 2.36. The van der Waals surface area contributed by atoms with E-state index in [4.69, 9.17) is 4.74 Å². The Kier molecular flexibility index (Phi) is 5.06. The first-order valence-corrected chi connectivity index (χ1v) is 7.07. The summed E-state index contributed by atoms with van der Waals surface area (Å²) in [6.07, 6.45) is -3.67. The molecule has 2 rings (SSSR count). The lowest BCUT2D eigenvalue weighted by atomic mass is 10.0. The molecule has 118 valence electrons. The number of alkyl halides is 3. The molecule has 0 fully saturated rings. The zero-order valence-corrected chi connectivity index (χ0v) is 12.2. The van der Waals surface area contributed by atoms with Crippen LogP contribution in [0.5, 0.6) is 5.75 Å². The van der Waals surface area contributed by atoms with Gasteiger partial charge in [-0.2, -0.15) is 13.2 Å². The third-order valence-electron chi connectivity index (χ3n) is 3.55. The molecule has 0 N–H and O–H groups in total. The smallest absolute Gasteiger partial charge is 0.449 e. The summed E-state index contributed by atoms with van der Waals surface area (Å²) in [5.41, 5.74) is 1.05. The number of carbonyl (C=O) groups is 1. The summed E-state index contributed by atoms with van der Waals surface area (Å²) < 4.78 is 41.4. The van der Waals surface area contributed by atoms with Gasteiger partial charge in [0, 0.05) is 6.42 Å². The van der Waals surface area contributed by atoms with Crippen LogP contribution in [0.15, 0.2) is 36.4 Å². The Morgan fingerprint density at radius 1 is 1.05 bits per heavy atom. The Morgan fingerprint density at radius 2 is 1.73 bits per heavy atom. The molecule has 0 radical (unpaired) electrons. The van der Waals surface area contributed by atoms with Crippen LogP contribution in [0.2, 0.25) is 0 Å². The predicted molar refractivity (Wildman–Crippen MR) is 79.1 cm³/mol. The topological polar surface area (TPSA) is 26.3 Å². The molecule has 5 heteroatoms. The lowest BCUT2D eigenvalue weighted by Gasteiger charge is -2.07. The molecule has 0 aliphatic rings. The van der Waals surface area contributed by atoms with Gasteiger partial charge in [0.25, 0.3) is 0 Å². The van der Waals surface area contributed by atoms with Gasteiger partial charge in [0.1, 0.15) is 5.75 Å². The number of methoxy groups -OCH3 is 1.